The zero-order valence-corrected chi connectivity index (χ0v) is 15.5. The Hall–Kier alpha value is -0.490. The maximum atomic E-state index is 6.41. The molecule has 0 saturated heterocycles. The maximum absolute atomic E-state index is 6.41. The second-order valence-electron chi connectivity index (χ2n) is 4.55. The van der Waals surface area contributed by atoms with Gasteiger partial charge in [0, 0.05) is 14.7 Å². The maximum Gasteiger partial charge on any atom is 0.138 e. The van der Waals surface area contributed by atoms with Crippen molar-refractivity contribution in [1.29, 1.82) is 0 Å². The van der Waals surface area contributed by atoms with E-state index in [1.165, 1.54) is 3.57 Å². The normalized spacial score (nSPS) is 12.2. The summed E-state index contributed by atoms with van der Waals surface area (Å²) in [6, 6.07) is 12.0. The molecule has 2 aromatic rings. The van der Waals surface area contributed by atoms with E-state index in [0.717, 1.165) is 17.7 Å². The summed E-state index contributed by atoms with van der Waals surface area (Å²) in [5, 5.41) is 4.65. The smallest absolute Gasteiger partial charge is 0.138 e. The van der Waals surface area contributed by atoms with Crippen LogP contribution in [0.1, 0.15) is 24.1 Å². The lowest BCUT2D eigenvalue weighted by Crippen LogP contribution is -2.22. The van der Waals surface area contributed by atoms with E-state index < -0.39 is 0 Å². The fraction of sp³-hybridized carbons (Fsp3) is 0.250. The molecular formula is C16H16Cl2INO. The van der Waals surface area contributed by atoms with Gasteiger partial charge in [0.15, 0.2) is 0 Å². The van der Waals surface area contributed by atoms with Gasteiger partial charge in [0.2, 0.25) is 0 Å². The summed E-state index contributed by atoms with van der Waals surface area (Å²) in [6.45, 7) is 2.90. The van der Waals surface area contributed by atoms with Gasteiger partial charge in [-0.25, -0.2) is 0 Å². The molecule has 1 atom stereocenters. The number of methoxy groups -OCH3 is 1. The van der Waals surface area contributed by atoms with Crippen molar-refractivity contribution in [1.82, 2.24) is 5.32 Å². The van der Waals surface area contributed by atoms with Gasteiger partial charge < -0.3 is 10.1 Å². The van der Waals surface area contributed by atoms with Crippen molar-refractivity contribution in [2.75, 3.05) is 13.7 Å². The SMILES string of the molecule is CCNC(c1ccc(I)cc1)c1cc(Cl)c(OC)cc1Cl. The van der Waals surface area contributed by atoms with Crippen molar-refractivity contribution in [3.05, 3.63) is 61.1 Å². The number of nitrogens with one attached hydrogen (secondary N) is 1. The minimum absolute atomic E-state index is 0.00269. The molecule has 2 aromatic carbocycles. The highest BCUT2D eigenvalue weighted by molar-refractivity contribution is 14.1. The Morgan fingerprint density at radius 1 is 1.14 bits per heavy atom. The van der Waals surface area contributed by atoms with E-state index in [1.807, 2.05) is 6.07 Å². The minimum atomic E-state index is 0.00269. The molecule has 0 aliphatic heterocycles. The molecule has 0 aliphatic rings. The number of hydrogen-bond acceptors (Lipinski definition) is 2. The van der Waals surface area contributed by atoms with Crippen LogP contribution in [0, 0.1) is 3.57 Å². The van der Waals surface area contributed by atoms with Crippen LogP contribution < -0.4 is 10.1 Å². The Kier molecular flexibility index (Phi) is 6.17. The summed E-state index contributed by atoms with van der Waals surface area (Å²) < 4.78 is 6.40. The van der Waals surface area contributed by atoms with Gasteiger partial charge in [-0.3, -0.25) is 0 Å². The topological polar surface area (TPSA) is 21.3 Å². The molecule has 2 nitrogen and oxygen atoms in total. The third kappa shape index (κ3) is 4.03. The largest absolute Gasteiger partial charge is 0.495 e. The predicted molar refractivity (Wildman–Crippen MR) is 97.7 cm³/mol. The number of halogens is 3. The van der Waals surface area contributed by atoms with Crippen LogP contribution in [0.3, 0.4) is 0 Å². The zero-order chi connectivity index (χ0) is 15.4. The fourth-order valence-corrected chi connectivity index (χ4v) is 3.06. The van der Waals surface area contributed by atoms with Crippen molar-refractivity contribution < 1.29 is 4.74 Å². The van der Waals surface area contributed by atoms with Gasteiger partial charge in [-0.1, -0.05) is 42.3 Å². The average molecular weight is 436 g/mol. The van der Waals surface area contributed by atoms with Crippen LogP contribution in [0.2, 0.25) is 10.0 Å². The van der Waals surface area contributed by atoms with Gasteiger partial charge >= 0.3 is 0 Å². The Balaban J connectivity index is 2.47. The highest BCUT2D eigenvalue weighted by atomic mass is 127. The highest BCUT2D eigenvalue weighted by Crippen LogP contribution is 2.36. The van der Waals surface area contributed by atoms with Crippen LogP contribution in [-0.2, 0) is 0 Å². The first-order chi connectivity index (χ1) is 10.1. The number of rotatable bonds is 5. The first kappa shape index (κ1) is 16.9. The summed E-state index contributed by atoms with van der Waals surface area (Å²) in [7, 11) is 1.58. The monoisotopic (exact) mass is 435 g/mol. The molecule has 2 rings (SSSR count). The summed E-state index contributed by atoms with van der Waals surface area (Å²) in [4.78, 5) is 0. The molecule has 1 N–H and O–H groups in total. The zero-order valence-electron chi connectivity index (χ0n) is 11.8. The third-order valence-corrected chi connectivity index (χ3v) is 4.54. The summed E-state index contributed by atoms with van der Waals surface area (Å²) in [6.07, 6.45) is 0. The first-order valence-corrected chi connectivity index (χ1v) is 8.42. The van der Waals surface area contributed by atoms with Gasteiger partial charge in [-0.05, 0) is 58.5 Å². The Bertz CT molecular complexity index is 616. The van der Waals surface area contributed by atoms with Crippen molar-refractivity contribution >= 4 is 45.8 Å². The molecule has 0 saturated carbocycles. The van der Waals surface area contributed by atoms with Crippen LogP contribution in [-0.4, -0.2) is 13.7 Å². The average Bonchev–Trinajstić information content (AvgIpc) is 2.48. The Morgan fingerprint density at radius 2 is 1.81 bits per heavy atom. The quantitative estimate of drug-likeness (QED) is 0.643. The van der Waals surface area contributed by atoms with Gasteiger partial charge in [0.05, 0.1) is 18.2 Å². The lowest BCUT2D eigenvalue weighted by Gasteiger charge is -2.21. The van der Waals surface area contributed by atoms with Crippen molar-refractivity contribution in [3.63, 3.8) is 0 Å². The van der Waals surface area contributed by atoms with E-state index in [4.69, 9.17) is 27.9 Å². The van der Waals surface area contributed by atoms with E-state index in [2.05, 4.69) is 59.1 Å². The fourth-order valence-electron chi connectivity index (χ4n) is 2.19. The van der Waals surface area contributed by atoms with Gasteiger partial charge in [-0.15, -0.1) is 0 Å². The molecule has 0 spiro atoms. The van der Waals surface area contributed by atoms with Gasteiger partial charge in [-0.2, -0.15) is 0 Å². The van der Waals surface area contributed by atoms with Crippen LogP contribution in [0.15, 0.2) is 36.4 Å². The highest BCUT2D eigenvalue weighted by Gasteiger charge is 2.18. The van der Waals surface area contributed by atoms with E-state index in [9.17, 15) is 0 Å². The molecule has 0 heterocycles. The molecule has 0 bridgehead atoms. The van der Waals surface area contributed by atoms with Crippen LogP contribution >= 0.6 is 45.8 Å². The second-order valence-corrected chi connectivity index (χ2v) is 6.61. The minimum Gasteiger partial charge on any atom is -0.495 e. The Labute approximate surface area is 148 Å². The number of hydrogen-bond donors (Lipinski definition) is 1. The van der Waals surface area contributed by atoms with E-state index >= 15 is 0 Å². The number of ether oxygens (including phenoxy) is 1. The number of benzene rings is 2. The molecule has 1 unspecified atom stereocenters. The first-order valence-electron chi connectivity index (χ1n) is 6.58. The summed E-state index contributed by atoms with van der Waals surface area (Å²) in [5.41, 5.74) is 2.10. The van der Waals surface area contributed by atoms with Gasteiger partial charge in [0.1, 0.15) is 5.75 Å². The van der Waals surface area contributed by atoms with Crippen LogP contribution in [0.4, 0.5) is 0 Å². The summed E-state index contributed by atoms with van der Waals surface area (Å²) in [5.74, 6) is 0.586. The van der Waals surface area contributed by atoms with Crippen LogP contribution in [0.25, 0.3) is 0 Å². The van der Waals surface area contributed by atoms with Crippen LogP contribution in [0.5, 0.6) is 5.75 Å². The molecule has 0 fully saturated rings. The van der Waals surface area contributed by atoms with Gasteiger partial charge in [0.25, 0.3) is 0 Å². The van der Waals surface area contributed by atoms with Crippen molar-refractivity contribution in [2.24, 2.45) is 0 Å². The van der Waals surface area contributed by atoms with E-state index in [-0.39, 0.29) is 6.04 Å². The third-order valence-electron chi connectivity index (χ3n) is 3.19. The van der Waals surface area contributed by atoms with Crippen molar-refractivity contribution in [2.45, 2.75) is 13.0 Å². The van der Waals surface area contributed by atoms with E-state index in [1.54, 1.807) is 13.2 Å². The lowest BCUT2D eigenvalue weighted by molar-refractivity contribution is 0.414. The predicted octanol–water partition coefficient (Wildman–Crippen LogP) is 5.31. The molecule has 0 amide bonds. The standard InChI is InChI=1S/C16H16Cl2INO/c1-3-20-16(10-4-6-11(19)7-5-10)12-8-14(18)15(21-2)9-13(12)17/h4-9,16,20H,3H2,1-2H3. The summed E-state index contributed by atoms with van der Waals surface area (Å²) >= 11 is 15.0. The molecule has 21 heavy (non-hydrogen) atoms. The lowest BCUT2D eigenvalue weighted by atomic mass is 9.98. The molecular weight excluding hydrogens is 420 g/mol. The molecule has 0 radical (unpaired) electrons. The Morgan fingerprint density at radius 3 is 2.38 bits per heavy atom. The molecule has 0 aliphatic carbocycles. The molecule has 5 heteroatoms. The molecule has 112 valence electrons. The second kappa shape index (κ2) is 7.68. The van der Waals surface area contributed by atoms with Crippen molar-refractivity contribution in [3.8, 4) is 5.75 Å². The molecule has 0 aromatic heterocycles. The van der Waals surface area contributed by atoms with E-state index in [0.29, 0.717) is 15.8 Å².